The summed E-state index contributed by atoms with van der Waals surface area (Å²) in [4.78, 5) is 119. The maximum Gasteiger partial charge on any atom is 0.350 e. The van der Waals surface area contributed by atoms with Crippen LogP contribution in [0.25, 0.3) is 0 Å². The molecule has 18 heteroatoms. The van der Waals surface area contributed by atoms with Gasteiger partial charge >= 0.3 is 35.0 Å². The van der Waals surface area contributed by atoms with E-state index >= 15 is 0 Å². The van der Waals surface area contributed by atoms with Crippen molar-refractivity contribution in [2.75, 3.05) is 54.3 Å². The molecule has 1 rings (SSSR count). The molecular weight excluding hydrogens is 1050 g/mol. The van der Waals surface area contributed by atoms with Crippen LogP contribution in [0.4, 0.5) is 0 Å². The second kappa shape index (κ2) is 52.0. The van der Waals surface area contributed by atoms with Crippen LogP contribution in [-0.2, 0) is 28.6 Å². The van der Waals surface area contributed by atoms with Gasteiger partial charge in [-0.05, 0) is 19.3 Å². The number of carbonyl (C=O) groups is 6. The highest BCUT2D eigenvalue weighted by Gasteiger charge is 2.26. The number of thioether (sulfide) groups is 3. The van der Waals surface area contributed by atoms with Crippen molar-refractivity contribution in [1.29, 1.82) is 0 Å². The van der Waals surface area contributed by atoms with Crippen molar-refractivity contribution in [3.8, 4) is 0 Å². The maximum atomic E-state index is 13.7. The summed E-state index contributed by atoms with van der Waals surface area (Å²) in [5.74, 6) is -2.82. The molecule has 0 spiro atoms. The van der Waals surface area contributed by atoms with E-state index in [0.29, 0.717) is 37.1 Å². The Morgan fingerprint density at radius 3 is 0.667 bits per heavy atom. The van der Waals surface area contributed by atoms with E-state index < -0.39 is 34.8 Å². The molecule has 0 aliphatic carbocycles. The van der Waals surface area contributed by atoms with Crippen molar-refractivity contribution in [2.24, 2.45) is 0 Å². The lowest BCUT2D eigenvalue weighted by atomic mass is 10.1. The van der Waals surface area contributed by atoms with Gasteiger partial charge in [0.2, 0.25) is 17.7 Å². The van der Waals surface area contributed by atoms with Crippen molar-refractivity contribution < 1.29 is 43.0 Å². The number of esters is 3. The monoisotopic (exact) mass is 1160 g/mol. The fourth-order valence-electron chi connectivity index (χ4n) is 8.85. The normalized spacial score (nSPS) is 11.3. The molecule has 0 saturated heterocycles. The lowest BCUT2D eigenvalue weighted by Gasteiger charge is -2.12. The summed E-state index contributed by atoms with van der Waals surface area (Å²) in [6, 6.07) is 0. The third kappa shape index (κ3) is 38.5. The van der Waals surface area contributed by atoms with E-state index in [1.807, 2.05) is 0 Å². The molecule has 0 unspecified atom stereocenters. The molecule has 15 nitrogen and oxygen atoms in total. The largest absolute Gasteiger partial charge is 0.466 e. The van der Waals surface area contributed by atoms with Crippen molar-refractivity contribution in [3.63, 3.8) is 0 Å². The molecule has 1 aromatic heterocycles. The lowest BCUT2D eigenvalue weighted by Crippen LogP contribution is -2.59. The molecule has 0 fully saturated rings. The van der Waals surface area contributed by atoms with Gasteiger partial charge in [0.15, 0.2) is 0 Å². The van der Waals surface area contributed by atoms with Crippen molar-refractivity contribution in [2.45, 2.75) is 271 Å². The van der Waals surface area contributed by atoms with Crippen LogP contribution in [0.15, 0.2) is 14.4 Å². The molecule has 0 aliphatic heterocycles. The number of hydrogen-bond acceptors (Lipinski definition) is 15. The average molecular weight is 1160 g/mol. The van der Waals surface area contributed by atoms with E-state index in [9.17, 15) is 43.2 Å². The molecule has 78 heavy (non-hydrogen) atoms. The van der Waals surface area contributed by atoms with Gasteiger partial charge in [0.25, 0.3) is 0 Å². The summed E-state index contributed by atoms with van der Waals surface area (Å²) in [6.45, 7) is 7.71. The molecule has 0 amide bonds. The fourth-order valence-corrected chi connectivity index (χ4v) is 11.3. The van der Waals surface area contributed by atoms with E-state index in [2.05, 4.69) is 20.8 Å². The second-order valence-corrected chi connectivity index (χ2v) is 24.3. The van der Waals surface area contributed by atoms with Crippen LogP contribution in [0, 0.1) is 0 Å². The molecule has 0 radical (unpaired) electrons. The van der Waals surface area contributed by atoms with E-state index in [1.165, 1.54) is 189 Å². The smallest absolute Gasteiger partial charge is 0.350 e. The molecule has 0 bridgehead atoms. The maximum absolute atomic E-state index is 13.7. The Balaban J connectivity index is 2.72. The first-order valence-electron chi connectivity index (χ1n) is 30.8. The third-order valence-corrected chi connectivity index (χ3v) is 16.6. The number of aromatic nitrogens is 3. The minimum atomic E-state index is -1.46. The third-order valence-electron chi connectivity index (χ3n) is 13.7. The van der Waals surface area contributed by atoms with Gasteiger partial charge in [-0.3, -0.25) is 28.8 Å². The molecule has 1 aromatic rings. The van der Waals surface area contributed by atoms with Crippen LogP contribution in [0.3, 0.4) is 0 Å². The Morgan fingerprint density at radius 2 is 0.462 bits per heavy atom. The minimum absolute atomic E-state index is 0.106. The lowest BCUT2D eigenvalue weighted by molar-refractivity contribution is -0.144. The Labute approximate surface area is 482 Å². The molecule has 450 valence electrons. The molecule has 0 saturated carbocycles. The summed E-state index contributed by atoms with van der Waals surface area (Å²) >= 11 is 3.72. The number of ether oxygens (including phenoxy) is 3. The quantitative estimate of drug-likeness (QED) is 0.0339. The number of nitrogens with zero attached hydrogens (tertiary/aromatic N) is 3. The highest BCUT2D eigenvalue weighted by atomic mass is 32.2. The standard InChI is InChI=1S/C60H105N3O12S3/c1-4-7-10-13-16-19-22-25-28-31-34-43-73-55(67)40-49-76-46-37-52(64)61-58(70)62(53(65)38-47-77-50-41-56(68)74-44-35-32-29-26-23-20-17-14-11-8-5-2)60(72)63(59(61)71)54(66)39-48-78-51-42-57(69)75-45-36-33-30-27-24-21-18-15-12-9-6-3/h4-51H2,1-3H3. The summed E-state index contributed by atoms with van der Waals surface area (Å²) in [5, 5.41) is 0. The van der Waals surface area contributed by atoms with E-state index in [4.69, 9.17) is 14.2 Å². The highest BCUT2D eigenvalue weighted by Crippen LogP contribution is 2.16. The Morgan fingerprint density at radius 1 is 0.282 bits per heavy atom. The molecule has 0 aliphatic rings. The summed E-state index contributed by atoms with van der Waals surface area (Å²) < 4.78 is 16.6. The summed E-state index contributed by atoms with van der Waals surface area (Å²) in [6.07, 6.45) is 38.5. The van der Waals surface area contributed by atoms with Crippen LogP contribution < -0.4 is 17.1 Å². The number of hydrogen-bond donors (Lipinski definition) is 0. The first-order valence-corrected chi connectivity index (χ1v) is 34.3. The Kier molecular flexibility index (Phi) is 48.6. The predicted octanol–water partition coefficient (Wildman–Crippen LogP) is 14.2. The van der Waals surface area contributed by atoms with Crippen LogP contribution in [0.2, 0.25) is 0 Å². The zero-order valence-corrected chi connectivity index (χ0v) is 51.4. The van der Waals surface area contributed by atoms with Gasteiger partial charge in [-0.1, -0.05) is 213 Å². The van der Waals surface area contributed by atoms with E-state index in [1.54, 1.807) is 0 Å². The summed E-state index contributed by atoms with van der Waals surface area (Å²) in [7, 11) is 0. The molecule has 0 atom stereocenters. The van der Waals surface area contributed by atoms with Crippen LogP contribution >= 0.6 is 35.3 Å². The SMILES string of the molecule is CCCCCCCCCCCCCOC(=O)CCSCCC(=O)n1c(=O)n(C(=O)CCSCCC(=O)OCCCCCCCCCCCCC)c(=O)n(C(=O)CCSCCC(=O)OCCCCCCCCCCCCC)c1=O. The molecule has 0 aromatic carbocycles. The zero-order valence-electron chi connectivity index (χ0n) is 48.9. The summed E-state index contributed by atoms with van der Waals surface area (Å²) in [5.41, 5.74) is -4.38. The number of unbranched alkanes of at least 4 members (excludes halogenated alkanes) is 30. The first-order chi connectivity index (χ1) is 38.0. The fraction of sp³-hybridized carbons (Fsp3) is 0.850. The Hall–Kier alpha value is -3.12. The van der Waals surface area contributed by atoms with Gasteiger partial charge in [0.1, 0.15) is 0 Å². The zero-order chi connectivity index (χ0) is 57.1. The predicted molar refractivity (Wildman–Crippen MR) is 323 cm³/mol. The van der Waals surface area contributed by atoms with Crippen molar-refractivity contribution >= 4 is 70.9 Å². The number of carbonyl (C=O) groups excluding carboxylic acids is 6. The van der Waals surface area contributed by atoms with Crippen LogP contribution in [-0.4, -0.2) is 104 Å². The van der Waals surface area contributed by atoms with Crippen molar-refractivity contribution in [1.82, 2.24) is 13.7 Å². The minimum Gasteiger partial charge on any atom is -0.466 e. The van der Waals surface area contributed by atoms with Gasteiger partial charge in [-0.2, -0.15) is 49.0 Å². The molecule has 0 N–H and O–H groups in total. The van der Waals surface area contributed by atoms with Gasteiger partial charge in [-0.15, -0.1) is 0 Å². The first kappa shape index (κ1) is 72.9. The topological polar surface area (TPSA) is 196 Å². The van der Waals surface area contributed by atoms with Gasteiger partial charge in [-0.25, -0.2) is 14.4 Å². The van der Waals surface area contributed by atoms with E-state index in [-0.39, 0.29) is 87.4 Å². The van der Waals surface area contributed by atoms with Crippen LogP contribution in [0.5, 0.6) is 0 Å². The van der Waals surface area contributed by atoms with Crippen LogP contribution in [0.1, 0.15) is 286 Å². The van der Waals surface area contributed by atoms with E-state index in [0.717, 1.165) is 57.8 Å². The Bertz CT molecular complexity index is 1690. The number of rotatable bonds is 54. The second-order valence-electron chi connectivity index (χ2n) is 20.6. The molecular formula is C60H105N3O12S3. The van der Waals surface area contributed by atoms with Gasteiger partial charge in [0, 0.05) is 53.8 Å². The molecule has 1 heterocycles. The van der Waals surface area contributed by atoms with Crippen molar-refractivity contribution in [3.05, 3.63) is 31.5 Å². The average Bonchev–Trinajstić information content (AvgIpc) is 3.48. The highest BCUT2D eigenvalue weighted by molar-refractivity contribution is 7.99. The van der Waals surface area contributed by atoms with Gasteiger partial charge in [0.05, 0.1) is 39.1 Å². The van der Waals surface area contributed by atoms with Gasteiger partial charge < -0.3 is 14.2 Å².